The highest BCUT2D eigenvalue weighted by molar-refractivity contribution is 7.99. The van der Waals surface area contributed by atoms with Crippen molar-refractivity contribution in [3.63, 3.8) is 0 Å². The fourth-order valence-electron chi connectivity index (χ4n) is 1.65. The second-order valence-electron chi connectivity index (χ2n) is 4.42. The molecule has 0 amide bonds. The first kappa shape index (κ1) is 14.2. The van der Waals surface area contributed by atoms with Crippen molar-refractivity contribution in [1.29, 1.82) is 0 Å². The molecule has 3 N–H and O–H groups in total. The van der Waals surface area contributed by atoms with Crippen molar-refractivity contribution in [2.45, 2.75) is 29.4 Å². The van der Waals surface area contributed by atoms with E-state index in [1.165, 1.54) is 16.3 Å². The Kier molecular flexibility index (Phi) is 4.34. The molecule has 0 fully saturated rings. The molecule has 1 atom stereocenters. The summed E-state index contributed by atoms with van der Waals surface area (Å²) in [6, 6.07) is 5.91. The number of nitrogens with two attached hydrogens (primary N) is 1. The Hall–Kier alpha value is -1.24. The average molecular weight is 299 g/mol. The molecule has 5 nitrogen and oxygen atoms in total. The van der Waals surface area contributed by atoms with Crippen LogP contribution in [0.15, 0.2) is 33.0 Å². The Morgan fingerprint density at radius 2 is 2.32 bits per heavy atom. The number of halogens is 1. The van der Waals surface area contributed by atoms with Gasteiger partial charge < -0.3 is 5.73 Å². The number of nitrogens with zero attached hydrogens (tertiary/aromatic N) is 2. The third-order valence-electron chi connectivity index (χ3n) is 2.59. The summed E-state index contributed by atoms with van der Waals surface area (Å²) in [5.41, 5.74) is 6.61. The van der Waals surface area contributed by atoms with Crippen LogP contribution in [-0.4, -0.2) is 20.8 Å². The van der Waals surface area contributed by atoms with Crippen molar-refractivity contribution in [2.75, 3.05) is 0 Å². The molecule has 102 valence electrons. The van der Waals surface area contributed by atoms with Gasteiger partial charge in [-0.3, -0.25) is 4.57 Å². The van der Waals surface area contributed by atoms with Gasteiger partial charge in [-0.1, -0.05) is 17.7 Å². The SMILES string of the molecule is CC(N)Cc1ccc(Sc2n[nH]c(=O)n2C)c(Cl)c1. The number of aromatic nitrogens is 3. The van der Waals surface area contributed by atoms with Crippen molar-refractivity contribution in [1.82, 2.24) is 14.8 Å². The van der Waals surface area contributed by atoms with Gasteiger partial charge in [0.1, 0.15) is 0 Å². The quantitative estimate of drug-likeness (QED) is 0.902. The molecular formula is C12H15ClN4OS. The van der Waals surface area contributed by atoms with Gasteiger partial charge in [-0.15, -0.1) is 5.10 Å². The van der Waals surface area contributed by atoms with Gasteiger partial charge in [0.05, 0.1) is 5.02 Å². The van der Waals surface area contributed by atoms with E-state index in [1.807, 2.05) is 25.1 Å². The number of aromatic amines is 1. The average Bonchev–Trinajstić information content (AvgIpc) is 2.64. The van der Waals surface area contributed by atoms with Gasteiger partial charge in [-0.05, 0) is 42.8 Å². The van der Waals surface area contributed by atoms with Crippen molar-refractivity contribution in [3.8, 4) is 0 Å². The Morgan fingerprint density at radius 3 is 2.84 bits per heavy atom. The zero-order chi connectivity index (χ0) is 14.0. The molecule has 0 radical (unpaired) electrons. The van der Waals surface area contributed by atoms with Gasteiger partial charge in [-0.2, -0.15) is 0 Å². The zero-order valence-electron chi connectivity index (χ0n) is 10.7. The smallest absolute Gasteiger partial charge is 0.328 e. The van der Waals surface area contributed by atoms with Crippen LogP contribution in [0.5, 0.6) is 0 Å². The summed E-state index contributed by atoms with van der Waals surface area (Å²) in [5, 5.41) is 7.54. The molecule has 0 saturated heterocycles. The summed E-state index contributed by atoms with van der Waals surface area (Å²) in [5.74, 6) is 0. The van der Waals surface area contributed by atoms with E-state index in [9.17, 15) is 4.79 Å². The molecule has 0 saturated carbocycles. The number of hydrogen-bond acceptors (Lipinski definition) is 4. The van der Waals surface area contributed by atoms with Gasteiger partial charge in [-0.25, -0.2) is 9.89 Å². The standard InChI is InChI=1S/C12H15ClN4OS/c1-7(14)5-8-3-4-10(9(13)6-8)19-12-16-15-11(18)17(12)2/h3-4,6-7H,5,14H2,1-2H3,(H,15,18). The van der Waals surface area contributed by atoms with Crippen molar-refractivity contribution < 1.29 is 0 Å². The first-order valence-corrected chi connectivity index (χ1v) is 7.00. The third-order valence-corrected chi connectivity index (χ3v) is 4.14. The van der Waals surface area contributed by atoms with E-state index in [1.54, 1.807) is 7.05 Å². The van der Waals surface area contributed by atoms with Crippen molar-refractivity contribution in [2.24, 2.45) is 12.8 Å². The predicted molar refractivity (Wildman–Crippen MR) is 76.8 cm³/mol. The van der Waals surface area contributed by atoms with Gasteiger partial charge >= 0.3 is 5.69 Å². The minimum atomic E-state index is -0.243. The lowest BCUT2D eigenvalue weighted by molar-refractivity contribution is 0.737. The third kappa shape index (κ3) is 3.40. The fourth-order valence-corrected chi connectivity index (χ4v) is 2.77. The molecule has 0 aliphatic heterocycles. The highest BCUT2D eigenvalue weighted by Gasteiger charge is 2.10. The molecule has 7 heteroatoms. The van der Waals surface area contributed by atoms with Gasteiger partial charge in [0.15, 0.2) is 5.16 Å². The molecule has 0 bridgehead atoms. The maximum atomic E-state index is 11.3. The summed E-state index contributed by atoms with van der Waals surface area (Å²) < 4.78 is 1.44. The van der Waals surface area contributed by atoms with Crippen LogP contribution in [-0.2, 0) is 13.5 Å². The largest absolute Gasteiger partial charge is 0.343 e. The number of H-pyrrole nitrogens is 1. The van der Waals surface area contributed by atoms with Crippen LogP contribution < -0.4 is 11.4 Å². The second-order valence-corrected chi connectivity index (χ2v) is 5.83. The molecule has 0 aliphatic carbocycles. The molecule has 0 spiro atoms. The second kappa shape index (κ2) is 5.81. The molecule has 2 rings (SSSR count). The van der Waals surface area contributed by atoms with E-state index < -0.39 is 0 Å². The van der Waals surface area contributed by atoms with Crippen molar-refractivity contribution >= 4 is 23.4 Å². The molecule has 1 unspecified atom stereocenters. The van der Waals surface area contributed by atoms with Gasteiger partial charge in [0.2, 0.25) is 0 Å². The Labute approximate surface area is 120 Å². The Morgan fingerprint density at radius 1 is 1.58 bits per heavy atom. The highest BCUT2D eigenvalue weighted by atomic mass is 35.5. The number of hydrogen-bond donors (Lipinski definition) is 2. The lowest BCUT2D eigenvalue weighted by Gasteiger charge is -2.08. The lowest BCUT2D eigenvalue weighted by atomic mass is 10.1. The molecule has 1 aromatic carbocycles. The monoisotopic (exact) mass is 298 g/mol. The fraction of sp³-hybridized carbons (Fsp3) is 0.333. The van der Waals surface area contributed by atoms with Crippen LogP contribution in [0.3, 0.4) is 0 Å². The summed E-state index contributed by atoms with van der Waals surface area (Å²) >= 11 is 7.58. The van der Waals surface area contributed by atoms with E-state index >= 15 is 0 Å². The van der Waals surface area contributed by atoms with Crippen molar-refractivity contribution in [3.05, 3.63) is 39.3 Å². The normalized spacial score (nSPS) is 12.6. The molecular weight excluding hydrogens is 284 g/mol. The molecule has 1 aromatic heterocycles. The van der Waals surface area contributed by atoms with E-state index in [2.05, 4.69) is 10.2 Å². The Bertz CT molecular complexity index is 635. The minimum absolute atomic E-state index is 0.0988. The summed E-state index contributed by atoms with van der Waals surface area (Å²) in [6.45, 7) is 1.95. The first-order chi connectivity index (χ1) is 8.97. The first-order valence-electron chi connectivity index (χ1n) is 5.80. The van der Waals surface area contributed by atoms with E-state index in [0.29, 0.717) is 10.2 Å². The van der Waals surface area contributed by atoms with Crippen LogP contribution in [0.1, 0.15) is 12.5 Å². The minimum Gasteiger partial charge on any atom is -0.328 e. The lowest BCUT2D eigenvalue weighted by Crippen LogP contribution is -2.17. The molecule has 1 heterocycles. The molecule has 0 aliphatic rings. The molecule has 19 heavy (non-hydrogen) atoms. The molecule has 2 aromatic rings. The van der Waals surface area contributed by atoms with E-state index in [4.69, 9.17) is 17.3 Å². The van der Waals surface area contributed by atoms with Crippen LogP contribution in [0, 0.1) is 0 Å². The number of benzene rings is 1. The van der Waals surface area contributed by atoms with Gasteiger partial charge in [0.25, 0.3) is 0 Å². The number of rotatable bonds is 4. The van der Waals surface area contributed by atoms with Crippen LogP contribution >= 0.6 is 23.4 Å². The maximum Gasteiger partial charge on any atom is 0.343 e. The summed E-state index contributed by atoms with van der Waals surface area (Å²) in [7, 11) is 1.66. The summed E-state index contributed by atoms with van der Waals surface area (Å²) in [4.78, 5) is 12.1. The maximum absolute atomic E-state index is 11.3. The number of nitrogens with one attached hydrogen (secondary N) is 1. The summed E-state index contributed by atoms with van der Waals surface area (Å²) in [6.07, 6.45) is 0.783. The van der Waals surface area contributed by atoms with Gasteiger partial charge in [0, 0.05) is 18.0 Å². The Balaban J connectivity index is 2.22. The van der Waals surface area contributed by atoms with E-state index in [-0.39, 0.29) is 11.7 Å². The predicted octanol–water partition coefficient (Wildman–Crippen LogP) is 1.80. The zero-order valence-corrected chi connectivity index (χ0v) is 12.3. The van der Waals surface area contributed by atoms with Crippen LogP contribution in [0.2, 0.25) is 5.02 Å². The topological polar surface area (TPSA) is 76.7 Å². The van der Waals surface area contributed by atoms with Crippen LogP contribution in [0.25, 0.3) is 0 Å². The highest BCUT2D eigenvalue weighted by Crippen LogP contribution is 2.32. The van der Waals surface area contributed by atoms with Crippen LogP contribution in [0.4, 0.5) is 0 Å². The van der Waals surface area contributed by atoms with E-state index in [0.717, 1.165) is 16.9 Å².